The zero-order valence-electron chi connectivity index (χ0n) is 9.90. The first-order chi connectivity index (χ1) is 8.75. The molecule has 0 aliphatic heterocycles. The molecule has 92 valence electrons. The zero-order valence-corrected chi connectivity index (χ0v) is 10.7. The molecule has 0 radical (unpaired) electrons. The number of para-hydroxylation sites is 1. The highest BCUT2D eigenvalue weighted by Gasteiger charge is 2.06. The van der Waals surface area contributed by atoms with Crippen molar-refractivity contribution in [1.29, 1.82) is 0 Å². The van der Waals surface area contributed by atoms with Crippen LogP contribution in [0.4, 0.5) is 5.69 Å². The third kappa shape index (κ3) is 3.60. The predicted molar refractivity (Wildman–Crippen MR) is 75.1 cm³/mol. The molecule has 0 fully saturated rings. The maximum atomic E-state index is 11.8. The fourth-order valence-electron chi connectivity index (χ4n) is 1.67. The van der Waals surface area contributed by atoms with Crippen LogP contribution in [0.25, 0.3) is 0 Å². The molecule has 2 nitrogen and oxygen atoms in total. The number of halogens is 1. The molecule has 0 aliphatic carbocycles. The molecule has 0 heterocycles. The first-order valence-electron chi connectivity index (χ1n) is 5.80. The van der Waals surface area contributed by atoms with E-state index in [0.29, 0.717) is 18.0 Å². The summed E-state index contributed by atoms with van der Waals surface area (Å²) in [5.74, 6) is 0.118. The average Bonchev–Trinajstić information content (AvgIpc) is 2.40. The van der Waals surface area contributed by atoms with Gasteiger partial charge in [-0.2, -0.15) is 0 Å². The summed E-state index contributed by atoms with van der Waals surface area (Å²) in [6.45, 7) is 0.315. The van der Waals surface area contributed by atoms with Gasteiger partial charge in [0.05, 0.1) is 6.54 Å². The maximum absolute atomic E-state index is 11.8. The van der Waals surface area contributed by atoms with Gasteiger partial charge in [-0.3, -0.25) is 4.79 Å². The lowest BCUT2D eigenvalue weighted by Crippen LogP contribution is -2.16. The van der Waals surface area contributed by atoms with Gasteiger partial charge >= 0.3 is 0 Å². The van der Waals surface area contributed by atoms with Gasteiger partial charge in [-0.25, -0.2) is 0 Å². The Labute approximate surface area is 112 Å². The highest BCUT2D eigenvalue weighted by molar-refractivity contribution is 6.31. The summed E-state index contributed by atoms with van der Waals surface area (Å²) < 4.78 is 0. The molecule has 0 spiro atoms. The molecule has 0 atom stereocenters. The third-order valence-electron chi connectivity index (χ3n) is 2.61. The normalized spacial score (nSPS) is 10.1. The van der Waals surface area contributed by atoms with Crippen LogP contribution in [0.5, 0.6) is 0 Å². The van der Waals surface area contributed by atoms with E-state index in [2.05, 4.69) is 5.32 Å². The lowest BCUT2D eigenvalue weighted by atomic mass is 10.1. The van der Waals surface area contributed by atoms with Crippen molar-refractivity contribution in [2.75, 3.05) is 11.9 Å². The lowest BCUT2D eigenvalue weighted by Gasteiger charge is -2.06. The monoisotopic (exact) mass is 259 g/mol. The molecule has 0 saturated carbocycles. The second kappa shape index (κ2) is 6.22. The molecule has 0 bridgehead atoms. The van der Waals surface area contributed by atoms with Gasteiger partial charge in [0.2, 0.25) is 0 Å². The quantitative estimate of drug-likeness (QED) is 0.890. The van der Waals surface area contributed by atoms with Crippen molar-refractivity contribution in [1.82, 2.24) is 0 Å². The van der Waals surface area contributed by atoms with Crippen molar-refractivity contribution in [3.63, 3.8) is 0 Å². The van der Waals surface area contributed by atoms with Gasteiger partial charge < -0.3 is 5.32 Å². The number of hydrogen-bond acceptors (Lipinski definition) is 2. The number of Topliss-reactive ketones (excluding diaryl/α,β-unsaturated/α-hetero) is 1. The minimum atomic E-state index is 0.118. The predicted octanol–water partition coefficient (Wildman–Crippen LogP) is 3.56. The number of anilines is 1. The van der Waals surface area contributed by atoms with Crippen molar-refractivity contribution >= 4 is 23.1 Å². The van der Waals surface area contributed by atoms with Crippen LogP contribution in [0.15, 0.2) is 54.6 Å². The van der Waals surface area contributed by atoms with Crippen LogP contribution in [-0.4, -0.2) is 12.3 Å². The fraction of sp³-hybridized carbons (Fsp3) is 0.133. The minimum absolute atomic E-state index is 0.118. The van der Waals surface area contributed by atoms with Crippen LogP contribution in [0, 0.1) is 0 Å². The smallest absolute Gasteiger partial charge is 0.156 e. The Morgan fingerprint density at radius 3 is 2.39 bits per heavy atom. The Bertz CT molecular complexity index is 525. The van der Waals surface area contributed by atoms with Crippen LogP contribution >= 0.6 is 11.6 Å². The molecule has 0 aromatic heterocycles. The Morgan fingerprint density at radius 2 is 1.67 bits per heavy atom. The molecule has 2 aromatic rings. The van der Waals surface area contributed by atoms with Gasteiger partial charge in [-0.05, 0) is 23.8 Å². The van der Waals surface area contributed by atoms with Gasteiger partial charge in [0.25, 0.3) is 0 Å². The molecule has 0 saturated heterocycles. The van der Waals surface area contributed by atoms with E-state index < -0.39 is 0 Å². The Morgan fingerprint density at radius 1 is 1.00 bits per heavy atom. The van der Waals surface area contributed by atoms with Crippen LogP contribution in [-0.2, 0) is 11.2 Å². The molecule has 0 unspecified atom stereocenters. The van der Waals surface area contributed by atoms with Gasteiger partial charge in [-0.15, -0.1) is 0 Å². The van der Waals surface area contributed by atoms with Gasteiger partial charge in [0.1, 0.15) is 0 Å². The lowest BCUT2D eigenvalue weighted by molar-refractivity contribution is -0.116. The highest BCUT2D eigenvalue weighted by Crippen LogP contribution is 2.15. The maximum Gasteiger partial charge on any atom is 0.156 e. The first kappa shape index (κ1) is 12.7. The molecule has 0 aliphatic rings. The van der Waals surface area contributed by atoms with E-state index in [4.69, 9.17) is 11.6 Å². The summed E-state index contributed by atoms with van der Waals surface area (Å²) in [6, 6.07) is 17.1. The van der Waals surface area contributed by atoms with Crippen LogP contribution in [0.3, 0.4) is 0 Å². The molecule has 2 aromatic carbocycles. The summed E-state index contributed by atoms with van der Waals surface area (Å²) in [4.78, 5) is 11.8. The van der Waals surface area contributed by atoms with Gasteiger partial charge in [-0.1, -0.05) is 48.0 Å². The number of rotatable bonds is 5. The topological polar surface area (TPSA) is 29.1 Å². The molecule has 2 rings (SSSR count). The molecular weight excluding hydrogens is 246 g/mol. The van der Waals surface area contributed by atoms with Gasteiger partial charge in [0.15, 0.2) is 5.78 Å². The zero-order chi connectivity index (χ0) is 12.8. The Kier molecular flexibility index (Phi) is 4.37. The van der Waals surface area contributed by atoms with Crippen LogP contribution in [0.2, 0.25) is 5.02 Å². The van der Waals surface area contributed by atoms with E-state index >= 15 is 0 Å². The van der Waals surface area contributed by atoms with Crippen molar-refractivity contribution < 1.29 is 4.79 Å². The molecule has 3 heteroatoms. The van der Waals surface area contributed by atoms with E-state index in [1.807, 2.05) is 48.5 Å². The van der Waals surface area contributed by atoms with Crippen molar-refractivity contribution in [3.8, 4) is 0 Å². The Hall–Kier alpha value is -1.80. The van der Waals surface area contributed by atoms with E-state index in [0.717, 1.165) is 11.3 Å². The number of hydrogen-bond donors (Lipinski definition) is 1. The molecular formula is C15H14ClNO. The summed E-state index contributed by atoms with van der Waals surface area (Å²) >= 11 is 6.01. The van der Waals surface area contributed by atoms with Crippen molar-refractivity contribution in [2.24, 2.45) is 0 Å². The summed E-state index contributed by atoms with van der Waals surface area (Å²) in [6.07, 6.45) is 0.361. The van der Waals surface area contributed by atoms with Crippen LogP contribution in [0.1, 0.15) is 5.56 Å². The average molecular weight is 260 g/mol. The summed E-state index contributed by atoms with van der Waals surface area (Å²) in [5.41, 5.74) is 1.82. The van der Waals surface area contributed by atoms with Crippen molar-refractivity contribution in [3.05, 3.63) is 65.2 Å². The van der Waals surface area contributed by atoms with E-state index in [1.54, 1.807) is 6.07 Å². The molecule has 18 heavy (non-hydrogen) atoms. The molecule has 0 amide bonds. The second-order valence-electron chi connectivity index (χ2n) is 4.03. The number of carbonyl (C=O) groups is 1. The minimum Gasteiger partial charge on any atom is -0.378 e. The largest absolute Gasteiger partial charge is 0.378 e. The number of carbonyl (C=O) groups excluding carboxylic acids is 1. The van der Waals surface area contributed by atoms with Crippen molar-refractivity contribution in [2.45, 2.75) is 6.42 Å². The Balaban J connectivity index is 1.88. The summed E-state index contributed by atoms with van der Waals surface area (Å²) in [5, 5.41) is 3.74. The second-order valence-corrected chi connectivity index (χ2v) is 4.43. The highest BCUT2D eigenvalue weighted by atomic mass is 35.5. The van der Waals surface area contributed by atoms with E-state index in [1.165, 1.54) is 0 Å². The van der Waals surface area contributed by atoms with E-state index in [9.17, 15) is 4.79 Å². The number of ketones is 1. The fourth-order valence-corrected chi connectivity index (χ4v) is 1.88. The summed E-state index contributed by atoms with van der Waals surface area (Å²) in [7, 11) is 0. The standard InChI is InChI=1S/C15H14ClNO/c16-15-9-5-4-6-12(15)10-14(18)11-17-13-7-2-1-3-8-13/h1-9,17H,10-11H2. The van der Waals surface area contributed by atoms with Gasteiger partial charge in [0, 0.05) is 17.1 Å². The van der Waals surface area contributed by atoms with E-state index in [-0.39, 0.29) is 5.78 Å². The van der Waals surface area contributed by atoms with Crippen LogP contribution < -0.4 is 5.32 Å². The first-order valence-corrected chi connectivity index (χ1v) is 6.17. The SMILES string of the molecule is O=C(CNc1ccccc1)Cc1ccccc1Cl. The molecule has 1 N–H and O–H groups in total. The third-order valence-corrected chi connectivity index (χ3v) is 2.98. The number of benzene rings is 2. The number of nitrogens with one attached hydrogen (secondary N) is 1.